The molecule has 0 saturated carbocycles. The molecule has 0 unspecified atom stereocenters. The number of hydrazone groups is 1. The minimum atomic E-state index is -0.370. The maximum Gasteiger partial charge on any atom is 0.240 e. The molecule has 0 atom stereocenters. The van der Waals surface area contributed by atoms with Crippen molar-refractivity contribution in [3.63, 3.8) is 0 Å². The molecular formula is C24H30BrN3O5. The number of rotatable bonds is 13. The van der Waals surface area contributed by atoms with Crippen LogP contribution in [-0.4, -0.2) is 38.4 Å². The molecule has 0 spiro atoms. The molecule has 0 fully saturated rings. The van der Waals surface area contributed by atoms with Crippen molar-refractivity contribution in [2.75, 3.05) is 25.6 Å². The predicted molar refractivity (Wildman–Crippen MR) is 132 cm³/mol. The van der Waals surface area contributed by atoms with Crippen molar-refractivity contribution in [1.29, 1.82) is 0 Å². The summed E-state index contributed by atoms with van der Waals surface area (Å²) in [4.78, 5) is 24.2. The standard InChI is InChI=1S/C24H30BrN3O5/c1-4-6-13-33-24-18(25)14-17(15-21(24)32-5-2)16-26-28-23(30)12-11-22(29)27-19-9-7-8-10-20(19)31-3/h7-10,14-16H,4-6,11-13H2,1-3H3,(H,27,29)(H,28,30). The van der Waals surface area contributed by atoms with Crippen LogP contribution >= 0.6 is 15.9 Å². The molecule has 2 amide bonds. The van der Waals surface area contributed by atoms with Gasteiger partial charge in [0, 0.05) is 12.8 Å². The summed E-state index contributed by atoms with van der Waals surface area (Å²) in [6.45, 7) is 5.09. The van der Waals surface area contributed by atoms with Crippen LogP contribution in [0.4, 0.5) is 5.69 Å². The van der Waals surface area contributed by atoms with Crippen LogP contribution in [0.25, 0.3) is 0 Å². The van der Waals surface area contributed by atoms with Crippen molar-refractivity contribution < 1.29 is 23.8 Å². The van der Waals surface area contributed by atoms with E-state index < -0.39 is 0 Å². The molecule has 2 aromatic rings. The monoisotopic (exact) mass is 519 g/mol. The number of hydrogen-bond acceptors (Lipinski definition) is 6. The molecule has 2 aromatic carbocycles. The number of anilines is 1. The number of methoxy groups -OCH3 is 1. The number of carbonyl (C=O) groups excluding carboxylic acids is 2. The van der Waals surface area contributed by atoms with Gasteiger partial charge in [-0.1, -0.05) is 25.5 Å². The van der Waals surface area contributed by atoms with Crippen molar-refractivity contribution >= 4 is 39.6 Å². The molecule has 178 valence electrons. The molecule has 2 N–H and O–H groups in total. The summed E-state index contributed by atoms with van der Waals surface area (Å²) in [6, 6.07) is 10.7. The Morgan fingerprint density at radius 3 is 2.55 bits per heavy atom. The van der Waals surface area contributed by atoms with E-state index in [0.717, 1.165) is 22.9 Å². The highest BCUT2D eigenvalue weighted by atomic mass is 79.9. The summed E-state index contributed by atoms with van der Waals surface area (Å²) in [6.07, 6.45) is 3.51. The SMILES string of the molecule is CCCCOc1c(Br)cc(C=NNC(=O)CCC(=O)Nc2ccccc2OC)cc1OCC. The minimum absolute atomic E-state index is 0.00355. The van der Waals surface area contributed by atoms with E-state index in [9.17, 15) is 9.59 Å². The van der Waals surface area contributed by atoms with Gasteiger partial charge in [-0.3, -0.25) is 9.59 Å². The molecule has 0 saturated heterocycles. The van der Waals surface area contributed by atoms with Gasteiger partial charge in [-0.15, -0.1) is 0 Å². The first-order valence-electron chi connectivity index (χ1n) is 10.8. The van der Waals surface area contributed by atoms with Crippen molar-refractivity contribution in [2.45, 2.75) is 39.5 Å². The Bertz CT molecular complexity index is 965. The number of nitrogens with one attached hydrogen (secondary N) is 2. The number of halogens is 1. The van der Waals surface area contributed by atoms with Crippen molar-refractivity contribution in [3.05, 3.63) is 46.4 Å². The topological polar surface area (TPSA) is 98.2 Å². The Labute approximate surface area is 202 Å². The number of ether oxygens (including phenoxy) is 3. The summed E-state index contributed by atoms with van der Waals surface area (Å²) < 4.78 is 17.5. The average Bonchev–Trinajstić information content (AvgIpc) is 2.80. The predicted octanol–water partition coefficient (Wildman–Crippen LogP) is 4.90. The van der Waals surface area contributed by atoms with E-state index in [0.29, 0.717) is 36.1 Å². The second-order valence-electron chi connectivity index (χ2n) is 7.01. The Balaban J connectivity index is 1.89. The molecule has 0 heterocycles. The van der Waals surface area contributed by atoms with E-state index in [4.69, 9.17) is 14.2 Å². The molecule has 0 aliphatic heterocycles. The van der Waals surface area contributed by atoms with E-state index >= 15 is 0 Å². The van der Waals surface area contributed by atoms with Gasteiger partial charge in [0.15, 0.2) is 11.5 Å². The van der Waals surface area contributed by atoms with Gasteiger partial charge in [0.25, 0.3) is 0 Å². The fourth-order valence-electron chi connectivity index (χ4n) is 2.81. The van der Waals surface area contributed by atoms with Gasteiger partial charge in [-0.2, -0.15) is 5.10 Å². The Kier molecular flexibility index (Phi) is 11.2. The Morgan fingerprint density at radius 1 is 1.06 bits per heavy atom. The van der Waals surface area contributed by atoms with Gasteiger partial charge in [-0.05, 0) is 59.1 Å². The summed E-state index contributed by atoms with van der Waals surface area (Å²) in [7, 11) is 1.53. The minimum Gasteiger partial charge on any atom is -0.495 e. The van der Waals surface area contributed by atoms with Gasteiger partial charge >= 0.3 is 0 Å². The zero-order chi connectivity index (χ0) is 24.1. The normalized spacial score (nSPS) is 10.7. The lowest BCUT2D eigenvalue weighted by Crippen LogP contribution is -2.20. The van der Waals surface area contributed by atoms with E-state index in [-0.39, 0.29) is 24.7 Å². The third-order valence-corrected chi connectivity index (χ3v) is 5.03. The number of unbranched alkanes of at least 4 members (excludes halogenated alkanes) is 1. The third-order valence-electron chi connectivity index (χ3n) is 4.44. The summed E-state index contributed by atoms with van der Waals surface area (Å²) in [5, 5.41) is 6.72. The van der Waals surface area contributed by atoms with E-state index in [1.165, 1.54) is 13.3 Å². The highest BCUT2D eigenvalue weighted by Crippen LogP contribution is 2.36. The van der Waals surface area contributed by atoms with E-state index in [2.05, 4.69) is 38.7 Å². The zero-order valence-electron chi connectivity index (χ0n) is 19.2. The average molecular weight is 520 g/mol. The second kappa shape index (κ2) is 14.2. The number of carbonyl (C=O) groups is 2. The van der Waals surface area contributed by atoms with Crippen LogP contribution < -0.4 is 25.0 Å². The fourth-order valence-corrected chi connectivity index (χ4v) is 3.38. The maximum absolute atomic E-state index is 12.1. The van der Waals surface area contributed by atoms with E-state index in [1.54, 1.807) is 24.3 Å². The number of nitrogens with zero attached hydrogens (tertiary/aromatic N) is 1. The number of hydrogen-bond donors (Lipinski definition) is 2. The van der Waals surface area contributed by atoms with Crippen LogP contribution in [0.2, 0.25) is 0 Å². The smallest absolute Gasteiger partial charge is 0.240 e. The van der Waals surface area contributed by atoms with Crippen LogP contribution in [0.5, 0.6) is 17.2 Å². The first kappa shape index (κ1) is 26.2. The van der Waals surface area contributed by atoms with Crippen LogP contribution in [0.3, 0.4) is 0 Å². The lowest BCUT2D eigenvalue weighted by atomic mass is 10.2. The lowest BCUT2D eigenvalue weighted by molar-refractivity contribution is -0.124. The number of amides is 2. The first-order chi connectivity index (χ1) is 16.0. The summed E-state index contributed by atoms with van der Waals surface area (Å²) in [5.74, 6) is 1.14. The van der Waals surface area contributed by atoms with Crippen LogP contribution in [-0.2, 0) is 9.59 Å². The highest BCUT2D eigenvalue weighted by Gasteiger charge is 2.12. The van der Waals surface area contributed by atoms with Gasteiger partial charge in [0.1, 0.15) is 5.75 Å². The number of para-hydroxylation sites is 2. The zero-order valence-corrected chi connectivity index (χ0v) is 20.7. The molecule has 0 radical (unpaired) electrons. The van der Waals surface area contributed by atoms with Gasteiger partial charge in [0.05, 0.1) is 36.7 Å². The molecule has 0 aliphatic rings. The van der Waals surface area contributed by atoms with Crippen molar-refractivity contribution in [2.24, 2.45) is 5.10 Å². The van der Waals surface area contributed by atoms with Gasteiger partial charge in [0.2, 0.25) is 11.8 Å². The van der Waals surface area contributed by atoms with Crippen molar-refractivity contribution in [3.8, 4) is 17.2 Å². The third kappa shape index (κ3) is 8.76. The molecule has 0 bridgehead atoms. The summed E-state index contributed by atoms with van der Waals surface area (Å²) >= 11 is 3.51. The molecular weight excluding hydrogens is 490 g/mol. The Hall–Kier alpha value is -3.07. The molecule has 2 rings (SSSR count). The van der Waals surface area contributed by atoms with E-state index in [1.807, 2.05) is 19.1 Å². The molecule has 0 aliphatic carbocycles. The van der Waals surface area contributed by atoms with Crippen molar-refractivity contribution in [1.82, 2.24) is 5.43 Å². The van der Waals surface area contributed by atoms with Crippen LogP contribution in [0.1, 0.15) is 45.1 Å². The molecule has 33 heavy (non-hydrogen) atoms. The second-order valence-corrected chi connectivity index (χ2v) is 7.86. The largest absolute Gasteiger partial charge is 0.495 e. The highest BCUT2D eigenvalue weighted by molar-refractivity contribution is 9.10. The fraction of sp³-hybridized carbons (Fsp3) is 0.375. The number of benzene rings is 2. The molecule has 0 aromatic heterocycles. The van der Waals surface area contributed by atoms with Crippen LogP contribution in [0.15, 0.2) is 46.0 Å². The summed E-state index contributed by atoms with van der Waals surface area (Å²) in [5.41, 5.74) is 3.72. The van der Waals surface area contributed by atoms with Gasteiger partial charge < -0.3 is 19.5 Å². The lowest BCUT2D eigenvalue weighted by Gasteiger charge is -2.14. The molecule has 8 nitrogen and oxygen atoms in total. The quantitative estimate of drug-likeness (QED) is 0.222. The first-order valence-corrected chi connectivity index (χ1v) is 11.6. The molecule has 9 heteroatoms. The maximum atomic E-state index is 12.1. The Morgan fingerprint density at radius 2 is 1.82 bits per heavy atom. The van der Waals surface area contributed by atoms with Crippen LogP contribution in [0, 0.1) is 0 Å². The van der Waals surface area contributed by atoms with Gasteiger partial charge in [-0.25, -0.2) is 5.43 Å².